The van der Waals surface area contributed by atoms with Crippen molar-refractivity contribution in [3.05, 3.63) is 62.6 Å². The molecule has 102 valence electrons. The lowest BCUT2D eigenvalue weighted by molar-refractivity contribution is 0.287. The maximum Gasteiger partial charge on any atom is 0.169 e. The van der Waals surface area contributed by atoms with E-state index in [9.17, 15) is 8.78 Å². The summed E-state index contributed by atoms with van der Waals surface area (Å²) >= 11 is 9.01. The minimum absolute atomic E-state index is 0.00565. The van der Waals surface area contributed by atoms with Crippen molar-refractivity contribution in [1.82, 2.24) is 0 Å². The second-order valence-electron chi connectivity index (χ2n) is 3.91. The van der Waals surface area contributed by atoms with E-state index < -0.39 is 11.6 Å². The molecule has 2 aromatic carbocycles. The van der Waals surface area contributed by atoms with Gasteiger partial charge in [-0.2, -0.15) is 5.26 Å². The Labute approximate surface area is 127 Å². The fourth-order valence-electron chi connectivity index (χ4n) is 1.55. The molecule has 0 saturated heterocycles. The van der Waals surface area contributed by atoms with Crippen LogP contribution in [-0.4, -0.2) is 0 Å². The third-order valence-electron chi connectivity index (χ3n) is 2.52. The average molecular weight is 359 g/mol. The maximum atomic E-state index is 13.6. The van der Waals surface area contributed by atoms with Gasteiger partial charge >= 0.3 is 0 Å². The molecule has 0 aliphatic heterocycles. The summed E-state index contributed by atoms with van der Waals surface area (Å²) in [5.74, 6) is -1.59. The molecule has 0 N–H and O–H groups in total. The highest BCUT2D eigenvalue weighted by Crippen LogP contribution is 2.30. The number of nitrogens with zero attached hydrogens (tertiary/aromatic N) is 1. The predicted octanol–water partition coefficient (Wildman–Crippen LogP) is 4.83. The summed E-state index contributed by atoms with van der Waals surface area (Å²) in [5.41, 5.74) is 1.02. The van der Waals surface area contributed by atoms with Gasteiger partial charge < -0.3 is 4.74 Å². The fraction of sp³-hybridized carbons (Fsp3) is 0.0714. The Bertz CT molecular complexity index is 677. The normalized spacial score (nSPS) is 10.2. The summed E-state index contributed by atoms with van der Waals surface area (Å²) in [7, 11) is 0. The number of rotatable bonds is 3. The highest BCUT2D eigenvalue weighted by atomic mass is 79.9. The maximum absolute atomic E-state index is 13.6. The second-order valence-corrected chi connectivity index (χ2v) is 5.17. The smallest absolute Gasteiger partial charge is 0.169 e. The van der Waals surface area contributed by atoms with Crippen LogP contribution < -0.4 is 4.74 Å². The van der Waals surface area contributed by atoms with Crippen molar-refractivity contribution < 1.29 is 13.5 Å². The molecular weight excluding hydrogens is 352 g/mol. The van der Waals surface area contributed by atoms with Gasteiger partial charge in [-0.3, -0.25) is 0 Å². The first-order valence-electron chi connectivity index (χ1n) is 5.47. The summed E-state index contributed by atoms with van der Waals surface area (Å²) in [6, 6.07) is 8.51. The third-order valence-corrected chi connectivity index (χ3v) is 3.46. The number of nitriles is 1. The van der Waals surface area contributed by atoms with Gasteiger partial charge in [-0.15, -0.1) is 0 Å². The number of ether oxygens (including phenoxy) is 1. The van der Waals surface area contributed by atoms with Crippen LogP contribution in [0.15, 0.2) is 34.8 Å². The van der Waals surface area contributed by atoms with E-state index in [1.807, 2.05) is 6.07 Å². The quantitative estimate of drug-likeness (QED) is 0.787. The predicted molar refractivity (Wildman–Crippen MR) is 74.6 cm³/mol. The molecule has 2 nitrogen and oxygen atoms in total. The fourth-order valence-corrected chi connectivity index (χ4v) is 2.31. The van der Waals surface area contributed by atoms with E-state index in [2.05, 4.69) is 15.9 Å². The van der Waals surface area contributed by atoms with Crippen LogP contribution in [0.1, 0.15) is 11.1 Å². The lowest BCUT2D eigenvalue weighted by atomic mass is 10.1. The van der Waals surface area contributed by atoms with E-state index in [0.29, 0.717) is 16.1 Å². The van der Waals surface area contributed by atoms with Crippen molar-refractivity contribution in [2.45, 2.75) is 6.61 Å². The Morgan fingerprint density at radius 3 is 2.60 bits per heavy atom. The topological polar surface area (TPSA) is 33.0 Å². The van der Waals surface area contributed by atoms with Crippen LogP contribution >= 0.6 is 27.5 Å². The van der Waals surface area contributed by atoms with Gasteiger partial charge in [0.1, 0.15) is 12.4 Å². The van der Waals surface area contributed by atoms with Crippen molar-refractivity contribution in [2.75, 3.05) is 0 Å². The Hall–Kier alpha value is -1.64. The lowest BCUT2D eigenvalue weighted by Gasteiger charge is -2.10. The van der Waals surface area contributed by atoms with Crippen molar-refractivity contribution in [2.24, 2.45) is 0 Å². The summed E-state index contributed by atoms with van der Waals surface area (Å²) in [4.78, 5) is 0. The van der Waals surface area contributed by atoms with Gasteiger partial charge in [0.25, 0.3) is 0 Å². The van der Waals surface area contributed by atoms with Crippen molar-refractivity contribution in [3.8, 4) is 11.8 Å². The van der Waals surface area contributed by atoms with E-state index >= 15 is 0 Å². The Balaban J connectivity index is 2.20. The molecule has 0 aromatic heterocycles. The molecule has 6 heteroatoms. The minimum Gasteiger partial charge on any atom is -0.485 e. The minimum atomic E-state index is -0.804. The third kappa shape index (κ3) is 3.27. The van der Waals surface area contributed by atoms with E-state index in [0.717, 1.165) is 12.1 Å². The Morgan fingerprint density at radius 1 is 1.25 bits per heavy atom. The van der Waals surface area contributed by atoms with E-state index in [4.69, 9.17) is 21.6 Å². The average Bonchev–Trinajstić information content (AvgIpc) is 2.39. The Morgan fingerprint density at radius 2 is 2.00 bits per heavy atom. The van der Waals surface area contributed by atoms with Gasteiger partial charge in [-0.1, -0.05) is 17.7 Å². The molecular formula is C14H7BrClF2NO. The van der Waals surface area contributed by atoms with Gasteiger partial charge in [-0.25, -0.2) is 8.78 Å². The van der Waals surface area contributed by atoms with Gasteiger partial charge in [0, 0.05) is 16.7 Å². The number of halogens is 4. The van der Waals surface area contributed by atoms with Crippen LogP contribution in [0.3, 0.4) is 0 Å². The lowest BCUT2D eigenvalue weighted by Crippen LogP contribution is -2.00. The molecule has 0 bridgehead atoms. The second kappa shape index (κ2) is 6.21. The first-order valence-corrected chi connectivity index (χ1v) is 6.64. The zero-order valence-electron chi connectivity index (χ0n) is 9.96. The standard InChI is InChI=1S/C14H7BrClF2NO/c15-11-4-10(17)5-13(18)14(11)20-7-9-2-1-8(6-19)3-12(9)16/h1-5H,7H2. The number of hydrogen-bond acceptors (Lipinski definition) is 2. The summed E-state index contributed by atoms with van der Waals surface area (Å²) in [5, 5.41) is 9.08. The highest BCUT2D eigenvalue weighted by molar-refractivity contribution is 9.10. The van der Waals surface area contributed by atoms with Crippen LogP contribution in [0, 0.1) is 23.0 Å². The summed E-state index contributed by atoms with van der Waals surface area (Å²) < 4.78 is 32.0. The molecule has 0 fully saturated rings. The first-order chi connectivity index (χ1) is 9.51. The van der Waals surface area contributed by atoms with E-state index in [-0.39, 0.29) is 16.8 Å². The zero-order valence-corrected chi connectivity index (χ0v) is 12.3. The SMILES string of the molecule is N#Cc1ccc(COc2c(F)cc(F)cc2Br)c(Cl)c1. The number of hydrogen-bond donors (Lipinski definition) is 0. The van der Waals surface area contributed by atoms with Crippen LogP contribution in [0.25, 0.3) is 0 Å². The molecule has 0 atom stereocenters. The van der Waals surface area contributed by atoms with Gasteiger partial charge in [0.2, 0.25) is 0 Å². The van der Waals surface area contributed by atoms with Crippen molar-refractivity contribution >= 4 is 27.5 Å². The Kier molecular flexibility index (Phi) is 4.58. The largest absolute Gasteiger partial charge is 0.485 e. The van der Waals surface area contributed by atoms with Crippen LogP contribution in [0.4, 0.5) is 8.78 Å². The highest BCUT2D eigenvalue weighted by Gasteiger charge is 2.12. The molecule has 2 rings (SSSR count). The molecule has 0 saturated carbocycles. The molecule has 0 aliphatic carbocycles. The van der Waals surface area contributed by atoms with Gasteiger partial charge in [0.05, 0.1) is 16.1 Å². The molecule has 0 heterocycles. The van der Waals surface area contributed by atoms with E-state index in [1.165, 1.54) is 6.07 Å². The van der Waals surface area contributed by atoms with Gasteiger partial charge in [-0.05, 0) is 34.1 Å². The molecule has 0 unspecified atom stereocenters. The summed E-state index contributed by atoms with van der Waals surface area (Å²) in [6.45, 7) is 0.00565. The molecule has 20 heavy (non-hydrogen) atoms. The van der Waals surface area contributed by atoms with Crippen LogP contribution in [0.2, 0.25) is 5.02 Å². The zero-order chi connectivity index (χ0) is 14.7. The van der Waals surface area contributed by atoms with Crippen molar-refractivity contribution in [3.63, 3.8) is 0 Å². The molecule has 2 aromatic rings. The van der Waals surface area contributed by atoms with Crippen LogP contribution in [-0.2, 0) is 6.61 Å². The monoisotopic (exact) mass is 357 g/mol. The number of benzene rings is 2. The van der Waals surface area contributed by atoms with Crippen molar-refractivity contribution in [1.29, 1.82) is 5.26 Å². The molecule has 0 aliphatic rings. The molecule has 0 radical (unpaired) electrons. The molecule has 0 amide bonds. The van der Waals surface area contributed by atoms with Gasteiger partial charge in [0.15, 0.2) is 11.6 Å². The summed E-state index contributed by atoms with van der Waals surface area (Å²) in [6.07, 6.45) is 0. The first kappa shape index (κ1) is 14.8. The van der Waals surface area contributed by atoms with E-state index in [1.54, 1.807) is 12.1 Å². The molecule has 0 spiro atoms. The van der Waals surface area contributed by atoms with Crippen LogP contribution in [0.5, 0.6) is 5.75 Å².